The molecule has 19 heavy (non-hydrogen) atoms. The highest BCUT2D eigenvalue weighted by Gasteiger charge is 2.27. The van der Waals surface area contributed by atoms with Crippen molar-refractivity contribution in [1.29, 1.82) is 0 Å². The first kappa shape index (κ1) is 19.4. The van der Waals surface area contributed by atoms with Crippen LogP contribution < -0.4 is 0 Å². The summed E-state index contributed by atoms with van der Waals surface area (Å²) in [5.41, 5.74) is 0. The molecule has 0 aliphatic rings. The Kier molecular flexibility index (Phi) is 7.63. The summed E-state index contributed by atoms with van der Waals surface area (Å²) < 4.78 is 32.3. The standard InChI is InChI=1S/C7H19O9P3/c8-17(9,10)4-2-1-3-7(5-18(11,12)13)6-19(14,15)16/h7H,1-6H2,(H2,8,9,10)(H2,11,12,13)(H2,14,15,16). The van der Waals surface area contributed by atoms with Crippen LogP contribution in [0.3, 0.4) is 0 Å². The van der Waals surface area contributed by atoms with Crippen LogP contribution in [0, 0.1) is 5.92 Å². The van der Waals surface area contributed by atoms with Gasteiger partial charge in [-0.05, 0) is 18.8 Å². The van der Waals surface area contributed by atoms with Gasteiger partial charge in [0.15, 0.2) is 0 Å². The lowest BCUT2D eigenvalue weighted by molar-refractivity contribution is 0.343. The molecule has 0 aromatic heterocycles. The second-order valence-corrected chi connectivity index (χ2v) is 9.61. The van der Waals surface area contributed by atoms with Gasteiger partial charge in [-0.25, -0.2) is 0 Å². The van der Waals surface area contributed by atoms with Gasteiger partial charge in [-0.3, -0.25) is 13.7 Å². The van der Waals surface area contributed by atoms with Crippen LogP contribution >= 0.6 is 22.8 Å². The highest BCUT2D eigenvalue weighted by atomic mass is 31.2. The molecule has 0 rings (SSSR count). The van der Waals surface area contributed by atoms with E-state index in [1.165, 1.54) is 0 Å². The fourth-order valence-corrected chi connectivity index (χ4v) is 4.47. The summed E-state index contributed by atoms with van der Waals surface area (Å²) in [4.78, 5) is 52.5. The molecule has 0 saturated carbocycles. The van der Waals surface area contributed by atoms with Gasteiger partial charge in [-0.15, -0.1) is 0 Å². The molecule has 9 nitrogen and oxygen atoms in total. The van der Waals surface area contributed by atoms with E-state index in [4.69, 9.17) is 29.4 Å². The van der Waals surface area contributed by atoms with E-state index >= 15 is 0 Å². The first-order chi connectivity index (χ1) is 8.29. The molecule has 0 amide bonds. The van der Waals surface area contributed by atoms with E-state index < -0.39 is 41.0 Å². The fraction of sp³-hybridized carbons (Fsp3) is 1.00. The highest BCUT2D eigenvalue weighted by molar-refractivity contribution is 7.53. The van der Waals surface area contributed by atoms with E-state index in [1.54, 1.807) is 0 Å². The van der Waals surface area contributed by atoms with Gasteiger partial charge in [-0.2, -0.15) is 0 Å². The SMILES string of the molecule is O=P(O)(O)CCCCC(CP(=O)(O)O)CP(=O)(O)O. The Bertz CT molecular complexity index is 380. The Labute approximate surface area is 110 Å². The zero-order valence-corrected chi connectivity index (χ0v) is 12.8. The topological polar surface area (TPSA) is 173 Å². The monoisotopic (exact) mass is 340 g/mol. The third kappa shape index (κ3) is 14.7. The molecule has 0 aromatic carbocycles. The summed E-state index contributed by atoms with van der Waals surface area (Å²) in [6.45, 7) is 0. The molecular formula is C7H19O9P3. The largest absolute Gasteiger partial charge is 0.325 e. The van der Waals surface area contributed by atoms with Gasteiger partial charge >= 0.3 is 22.8 Å². The first-order valence-electron chi connectivity index (χ1n) is 5.42. The minimum atomic E-state index is -4.39. The molecule has 0 aliphatic carbocycles. The Morgan fingerprint density at radius 1 is 0.684 bits per heavy atom. The van der Waals surface area contributed by atoms with Crippen LogP contribution in [-0.4, -0.2) is 47.8 Å². The maximum absolute atomic E-state index is 10.8. The van der Waals surface area contributed by atoms with E-state index in [2.05, 4.69) is 0 Å². The van der Waals surface area contributed by atoms with Crippen molar-refractivity contribution in [2.24, 2.45) is 5.92 Å². The highest BCUT2D eigenvalue weighted by Crippen LogP contribution is 2.45. The van der Waals surface area contributed by atoms with Gasteiger partial charge < -0.3 is 29.4 Å². The van der Waals surface area contributed by atoms with E-state index in [0.717, 1.165) is 0 Å². The van der Waals surface area contributed by atoms with Crippen LogP contribution in [0.4, 0.5) is 0 Å². The summed E-state index contributed by atoms with van der Waals surface area (Å²) in [7, 11) is -12.9. The smallest absolute Gasteiger partial charge is 0.324 e. The van der Waals surface area contributed by atoms with Gasteiger partial charge in [0.05, 0.1) is 12.3 Å². The van der Waals surface area contributed by atoms with Crippen LogP contribution in [-0.2, 0) is 13.7 Å². The Morgan fingerprint density at radius 2 is 1.11 bits per heavy atom. The van der Waals surface area contributed by atoms with Crippen molar-refractivity contribution in [2.45, 2.75) is 19.3 Å². The minimum Gasteiger partial charge on any atom is -0.324 e. The maximum Gasteiger partial charge on any atom is 0.325 e. The predicted molar refractivity (Wildman–Crippen MR) is 68.1 cm³/mol. The molecule has 0 unspecified atom stereocenters. The molecule has 0 saturated heterocycles. The van der Waals surface area contributed by atoms with Crippen LogP contribution in [0.25, 0.3) is 0 Å². The number of rotatable bonds is 9. The second kappa shape index (κ2) is 7.46. The quantitative estimate of drug-likeness (QED) is 0.255. The van der Waals surface area contributed by atoms with Crippen molar-refractivity contribution in [3.05, 3.63) is 0 Å². The zero-order valence-electron chi connectivity index (χ0n) is 10.1. The zero-order chi connectivity index (χ0) is 15.3. The minimum absolute atomic E-state index is 0.0935. The van der Waals surface area contributed by atoms with Crippen molar-refractivity contribution in [3.8, 4) is 0 Å². The molecule has 0 heterocycles. The molecule has 0 aliphatic heterocycles. The summed E-state index contributed by atoms with van der Waals surface area (Å²) in [5.74, 6) is -0.876. The van der Waals surface area contributed by atoms with Crippen molar-refractivity contribution < 1.29 is 43.1 Å². The average molecular weight is 340 g/mol. The van der Waals surface area contributed by atoms with Gasteiger partial charge in [0.2, 0.25) is 0 Å². The molecule has 0 aromatic rings. The summed E-state index contributed by atoms with van der Waals surface area (Å²) >= 11 is 0. The van der Waals surface area contributed by atoms with Crippen molar-refractivity contribution >= 4 is 22.8 Å². The van der Waals surface area contributed by atoms with Gasteiger partial charge in [-0.1, -0.05) is 6.42 Å². The van der Waals surface area contributed by atoms with Gasteiger partial charge in [0.25, 0.3) is 0 Å². The normalized spacial score (nSPS) is 14.1. The van der Waals surface area contributed by atoms with Crippen molar-refractivity contribution in [2.75, 3.05) is 18.5 Å². The van der Waals surface area contributed by atoms with Crippen LogP contribution in [0.15, 0.2) is 0 Å². The van der Waals surface area contributed by atoms with Crippen molar-refractivity contribution in [1.82, 2.24) is 0 Å². The molecule has 0 atom stereocenters. The van der Waals surface area contributed by atoms with Gasteiger partial charge in [0, 0.05) is 6.16 Å². The van der Waals surface area contributed by atoms with E-state index in [9.17, 15) is 13.7 Å². The molecule has 0 spiro atoms. The summed E-state index contributed by atoms with van der Waals surface area (Å²) in [6.07, 6.45) is -1.19. The molecule has 0 fully saturated rings. The average Bonchev–Trinajstić information content (AvgIpc) is 2.05. The molecule has 6 N–H and O–H groups in total. The molecule has 116 valence electrons. The summed E-state index contributed by atoms with van der Waals surface area (Å²) in [6, 6.07) is 0. The number of unbranched alkanes of at least 4 members (excludes halogenated alkanes) is 1. The fourth-order valence-electron chi connectivity index (χ4n) is 1.66. The third-order valence-corrected chi connectivity index (χ3v) is 5.19. The molecular weight excluding hydrogens is 321 g/mol. The first-order valence-corrected chi connectivity index (χ1v) is 10.8. The second-order valence-electron chi connectivity index (χ2n) is 4.44. The number of hydrogen-bond acceptors (Lipinski definition) is 3. The molecule has 12 heteroatoms. The summed E-state index contributed by atoms with van der Waals surface area (Å²) in [5, 5.41) is 0. The van der Waals surface area contributed by atoms with Crippen LogP contribution in [0.2, 0.25) is 0 Å². The van der Waals surface area contributed by atoms with Crippen LogP contribution in [0.1, 0.15) is 19.3 Å². The van der Waals surface area contributed by atoms with Gasteiger partial charge in [0.1, 0.15) is 0 Å². The Hall–Kier alpha value is 0.450. The predicted octanol–water partition coefficient (Wildman–Crippen LogP) is 0.306. The van der Waals surface area contributed by atoms with E-state index in [0.29, 0.717) is 0 Å². The third-order valence-electron chi connectivity index (χ3n) is 2.30. The lowest BCUT2D eigenvalue weighted by atomic mass is 10.1. The van der Waals surface area contributed by atoms with E-state index in [-0.39, 0.29) is 25.4 Å². The maximum atomic E-state index is 10.8. The number of hydrogen-bond donors (Lipinski definition) is 6. The Balaban J connectivity index is 4.32. The van der Waals surface area contributed by atoms with Crippen LogP contribution in [0.5, 0.6) is 0 Å². The molecule has 0 radical (unpaired) electrons. The Morgan fingerprint density at radius 3 is 1.42 bits per heavy atom. The molecule has 0 bridgehead atoms. The van der Waals surface area contributed by atoms with E-state index in [1.807, 2.05) is 0 Å². The van der Waals surface area contributed by atoms with Crippen molar-refractivity contribution in [3.63, 3.8) is 0 Å². The lowest BCUT2D eigenvalue weighted by Gasteiger charge is -2.18. The lowest BCUT2D eigenvalue weighted by Crippen LogP contribution is -2.12.